The summed E-state index contributed by atoms with van der Waals surface area (Å²) in [5, 5.41) is 41.6. The average molecular weight is 467 g/mol. The molecule has 11 nitrogen and oxygen atoms in total. The van der Waals surface area contributed by atoms with Crippen LogP contribution in [0.3, 0.4) is 0 Å². The first kappa shape index (κ1) is 24.5. The van der Waals surface area contributed by atoms with Crippen LogP contribution in [0.4, 0.5) is 29.1 Å². The van der Waals surface area contributed by atoms with E-state index in [9.17, 15) is 22.8 Å². The summed E-state index contributed by atoms with van der Waals surface area (Å²) in [7, 11) is 0. The molecule has 2 aromatic heterocycles. The van der Waals surface area contributed by atoms with Gasteiger partial charge < -0.3 is 20.9 Å². The van der Waals surface area contributed by atoms with E-state index in [0.29, 0.717) is 12.2 Å². The Hall–Kier alpha value is -4.74. The van der Waals surface area contributed by atoms with Gasteiger partial charge >= 0.3 is 12.1 Å². The van der Waals surface area contributed by atoms with Crippen molar-refractivity contribution in [3.05, 3.63) is 65.4 Å². The molecule has 0 bridgehead atoms. The highest BCUT2D eigenvalue weighted by Gasteiger charge is 2.38. The highest BCUT2D eigenvalue weighted by molar-refractivity contribution is 6.09. The number of halogens is 4. The van der Waals surface area contributed by atoms with Crippen LogP contribution in [0.25, 0.3) is 0 Å². The molecule has 172 valence electrons. The number of amidine groups is 1. The van der Waals surface area contributed by atoms with Crippen LogP contribution in [0.5, 0.6) is 0 Å². The van der Waals surface area contributed by atoms with Crippen molar-refractivity contribution in [2.75, 3.05) is 10.6 Å². The molecule has 0 saturated carbocycles. The SMILES string of the molecule is N#Cc1cc(N/C(=N/O)c2nonc2NCc2ccncc2)ccc1F.O=C(O)C(F)(F)F. The van der Waals surface area contributed by atoms with Gasteiger partial charge in [-0.3, -0.25) is 4.98 Å². The predicted octanol–water partition coefficient (Wildman–Crippen LogP) is 2.97. The van der Waals surface area contributed by atoms with Crippen molar-refractivity contribution < 1.29 is 37.3 Å². The lowest BCUT2D eigenvalue weighted by atomic mass is 10.2. The number of nitrogens with zero attached hydrogens (tertiary/aromatic N) is 5. The molecule has 4 N–H and O–H groups in total. The van der Waals surface area contributed by atoms with E-state index in [1.807, 2.05) is 12.1 Å². The molecular weight excluding hydrogens is 454 g/mol. The van der Waals surface area contributed by atoms with E-state index >= 15 is 0 Å². The van der Waals surface area contributed by atoms with Gasteiger partial charge in [-0.2, -0.15) is 18.4 Å². The van der Waals surface area contributed by atoms with Gasteiger partial charge in [0, 0.05) is 24.6 Å². The molecule has 0 aliphatic rings. The molecule has 1 aromatic carbocycles. The minimum absolute atomic E-state index is 0.0843. The minimum Gasteiger partial charge on any atom is -0.475 e. The largest absolute Gasteiger partial charge is 0.490 e. The summed E-state index contributed by atoms with van der Waals surface area (Å²) < 4.78 is 49.8. The normalized spacial score (nSPS) is 11.1. The third-order valence-corrected chi connectivity index (χ3v) is 3.61. The number of carboxylic acids is 1. The van der Waals surface area contributed by atoms with Gasteiger partial charge in [-0.1, -0.05) is 5.16 Å². The van der Waals surface area contributed by atoms with Crippen LogP contribution >= 0.6 is 0 Å². The maximum Gasteiger partial charge on any atom is 0.490 e. The van der Waals surface area contributed by atoms with Gasteiger partial charge in [-0.25, -0.2) is 13.8 Å². The Morgan fingerprint density at radius 1 is 1.21 bits per heavy atom. The summed E-state index contributed by atoms with van der Waals surface area (Å²) in [6.45, 7) is 0.414. The number of nitrogens with one attached hydrogen (secondary N) is 2. The van der Waals surface area contributed by atoms with Crippen LogP contribution < -0.4 is 10.6 Å². The summed E-state index contributed by atoms with van der Waals surface area (Å²) in [5.74, 6) is -3.25. The third-order valence-electron chi connectivity index (χ3n) is 3.61. The van der Waals surface area contributed by atoms with Crippen molar-refractivity contribution in [1.82, 2.24) is 15.3 Å². The maximum atomic E-state index is 13.4. The lowest BCUT2D eigenvalue weighted by Crippen LogP contribution is -2.21. The fraction of sp³-hybridized carbons (Fsp3) is 0.111. The quantitative estimate of drug-likeness (QED) is 0.144. The topological polar surface area (TPSA) is 170 Å². The molecule has 0 amide bonds. The fourth-order valence-electron chi connectivity index (χ4n) is 2.10. The van der Waals surface area contributed by atoms with Crippen LogP contribution in [-0.4, -0.2) is 43.6 Å². The number of anilines is 2. The highest BCUT2D eigenvalue weighted by atomic mass is 19.4. The molecule has 3 aromatic rings. The van der Waals surface area contributed by atoms with Crippen molar-refractivity contribution in [3.8, 4) is 6.07 Å². The number of benzene rings is 1. The number of hydrogen-bond acceptors (Lipinski definition) is 9. The van der Waals surface area contributed by atoms with Crippen LogP contribution in [0.2, 0.25) is 0 Å². The number of pyridine rings is 1. The van der Waals surface area contributed by atoms with Crippen molar-refractivity contribution in [3.63, 3.8) is 0 Å². The molecule has 0 aliphatic heterocycles. The Kier molecular flexibility index (Phi) is 8.21. The van der Waals surface area contributed by atoms with E-state index in [1.165, 1.54) is 12.1 Å². The number of carboxylic acid groups (broad SMARTS) is 1. The van der Waals surface area contributed by atoms with E-state index in [2.05, 4.69) is 31.1 Å². The lowest BCUT2D eigenvalue weighted by Gasteiger charge is -2.08. The van der Waals surface area contributed by atoms with Crippen molar-refractivity contribution in [1.29, 1.82) is 5.26 Å². The zero-order valence-corrected chi connectivity index (χ0v) is 16.2. The van der Waals surface area contributed by atoms with Gasteiger partial charge in [0.05, 0.1) is 5.56 Å². The molecule has 0 radical (unpaired) electrons. The molecule has 0 unspecified atom stereocenters. The van der Waals surface area contributed by atoms with Gasteiger partial charge in [0.25, 0.3) is 0 Å². The van der Waals surface area contributed by atoms with Crippen molar-refractivity contribution in [2.24, 2.45) is 5.16 Å². The molecule has 0 atom stereocenters. The maximum absolute atomic E-state index is 13.4. The predicted molar refractivity (Wildman–Crippen MR) is 103 cm³/mol. The molecule has 15 heteroatoms. The van der Waals surface area contributed by atoms with E-state index in [0.717, 1.165) is 11.6 Å². The molecular formula is C18H13F4N7O4. The molecule has 33 heavy (non-hydrogen) atoms. The van der Waals surface area contributed by atoms with Crippen molar-refractivity contribution >= 4 is 23.3 Å². The summed E-state index contributed by atoms with van der Waals surface area (Å²) in [4.78, 5) is 12.8. The second-order valence-electron chi connectivity index (χ2n) is 5.85. The first-order valence-electron chi connectivity index (χ1n) is 8.60. The number of oxime groups is 1. The fourth-order valence-corrected chi connectivity index (χ4v) is 2.10. The number of aliphatic carboxylic acids is 1. The van der Waals surface area contributed by atoms with Gasteiger partial charge in [-0.15, -0.1) is 0 Å². The molecule has 0 aliphatic carbocycles. The molecule has 0 saturated heterocycles. The van der Waals surface area contributed by atoms with Gasteiger partial charge in [-0.05, 0) is 46.2 Å². The zero-order valence-electron chi connectivity index (χ0n) is 16.2. The van der Waals surface area contributed by atoms with Gasteiger partial charge in [0.2, 0.25) is 11.7 Å². The van der Waals surface area contributed by atoms with E-state index < -0.39 is 18.0 Å². The van der Waals surface area contributed by atoms with E-state index in [-0.39, 0.29) is 22.9 Å². The monoisotopic (exact) mass is 467 g/mol. The standard InChI is InChI=1S/C16H12FN7O2.C2HF3O2/c17-13-2-1-12(7-11(13)8-18)21-16(22-25)14-15(24-26-23-14)20-9-10-3-5-19-6-4-10;3-2(4,5)1(6)7/h1-7,25H,9H2,(H,20,24)(H,21,22);(H,6,7). The number of alkyl halides is 3. The number of nitriles is 1. The smallest absolute Gasteiger partial charge is 0.475 e. The Morgan fingerprint density at radius 2 is 1.88 bits per heavy atom. The Labute approximate surface area is 181 Å². The first-order valence-corrected chi connectivity index (χ1v) is 8.60. The Balaban J connectivity index is 0.000000479. The second kappa shape index (κ2) is 11.0. The molecule has 3 rings (SSSR count). The van der Waals surface area contributed by atoms with Crippen LogP contribution in [0.15, 0.2) is 52.5 Å². The van der Waals surface area contributed by atoms with Crippen LogP contribution in [-0.2, 0) is 11.3 Å². The molecule has 0 spiro atoms. The zero-order chi connectivity index (χ0) is 24.4. The third kappa shape index (κ3) is 7.17. The summed E-state index contributed by atoms with van der Waals surface area (Å²) in [6.07, 6.45) is -1.77. The molecule has 0 fully saturated rings. The number of aromatic nitrogens is 3. The summed E-state index contributed by atoms with van der Waals surface area (Å²) >= 11 is 0. The second-order valence-corrected chi connectivity index (χ2v) is 5.85. The van der Waals surface area contributed by atoms with Gasteiger partial charge in [0.15, 0.2) is 5.69 Å². The summed E-state index contributed by atoms with van der Waals surface area (Å²) in [6, 6.07) is 9.16. The van der Waals surface area contributed by atoms with Gasteiger partial charge in [0.1, 0.15) is 11.9 Å². The average Bonchev–Trinajstić information content (AvgIpc) is 3.26. The van der Waals surface area contributed by atoms with Crippen LogP contribution in [0.1, 0.15) is 16.8 Å². The Bertz CT molecular complexity index is 1160. The van der Waals surface area contributed by atoms with Crippen LogP contribution in [0, 0.1) is 17.1 Å². The number of rotatable bonds is 5. The first-order chi connectivity index (χ1) is 15.7. The number of hydrogen-bond donors (Lipinski definition) is 4. The van der Waals surface area contributed by atoms with E-state index in [4.69, 9.17) is 19.8 Å². The summed E-state index contributed by atoms with van der Waals surface area (Å²) in [5.41, 5.74) is 1.24. The lowest BCUT2D eigenvalue weighted by molar-refractivity contribution is -0.192. The van der Waals surface area contributed by atoms with Crippen molar-refractivity contribution in [2.45, 2.75) is 12.7 Å². The van der Waals surface area contributed by atoms with E-state index in [1.54, 1.807) is 18.5 Å². The Morgan fingerprint density at radius 3 is 2.45 bits per heavy atom. The number of carbonyl (C=O) groups is 1. The minimum atomic E-state index is -5.08. The molecule has 2 heterocycles. The highest BCUT2D eigenvalue weighted by Crippen LogP contribution is 2.18.